The molecule has 0 aliphatic carbocycles. The SMILES string of the molecule is C[n+]1cccc(-c2ccc(NC(=O)/C=C/c3ccc(C(=O)Nc4ccc(-c5ccc[n+](C)c5)cc4)cc3)cc2)c1. The van der Waals surface area contributed by atoms with Crippen molar-refractivity contribution < 1.29 is 18.7 Å². The molecule has 2 N–H and O–H groups in total. The highest BCUT2D eigenvalue weighted by atomic mass is 16.2. The minimum absolute atomic E-state index is 0.195. The van der Waals surface area contributed by atoms with Gasteiger partial charge in [0.2, 0.25) is 5.91 Å². The maximum Gasteiger partial charge on any atom is 0.255 e. The van der Waals surface area contributed by atoms with Gasteiger partial charge in [0.05, 0.1) is 0 Å². The predicted octanol–water partition coefficient (Wildman–Crippen LogP) is 5.57. The Morgan fingerprint density at radius 3 is 1.60 bits per heavy atom. The van der Waals surface area contributed by atoms with E-state index in [1.165, 1.54) is 6.08 Å². The van der Waals surface area contributed by atoms with Crippen LogP contribution >= 0.6 is 0 Å². The van der Waals surface area contributed by atoms with E-state index in [9.17, 15) is 9.59 Å². The van der Waals surface area contributed by atoms with Crippen molar-refractivity contribution in [3.8, 4) is 22.3 Å². The Morgan fingerprint density at radius 2 is 1.10 bits per heavy atom. The van der Waals surface area contributed by atoms with Crippen molar-refractivity contribution in [3.63, 3.8) is 0 Å². The van der Waals surface area contributed by atoms with Gasteiger partial charge in [-0.25, -0.2) is 9.13 Å². The predicted molar refractivity (Wildman–Crippen MR) is 158 cm³/mol. The fourth-order valence-electron chi connectivity index (χ4n) is 4.31. The summed E-state index contributed by atoms with van der Waals surface area (Å²) in [6, 6.07) is 30.7. The molecule has 6 nitrogen and oxygen atoms in total. The monoisotopic (exact) mass is 526 g/mol. The van der Waals surface area contributed by atoms with E-state index < -0.39 is 0 Å². The van der Waals surface area contributed by atoms with Gasteiger partial charge in [-0.1, -0.05) is 36.4 Å². The van der Waals surface area contributed by atoms with Crippen LogP contribution in [0.5, 0.6) is 0 Å². The van der Waals surface area contributed by atoms with Crippen molar-refractivity contribution in [1.29, 1.82) is 0 Å². The molecule has 5 rings (SSSR count). The minimum atomic E-state index is -0.228. The van der Waals surface area contributed by atoms with E-state index in [2.05, 4.69) is 35.2 Å². The average Bonchev–Trinajstić information content (AvgIpc) is 2.97. The fourth-order valence-corrected chi connectivity index (χ4v) is 4.31. The molecular formula is C34H30N4O2+2. The molecule has 0 aliphatic rings. The summed E-state index contributed by atoms with van der Waals surface area (Å²) in [7, 11) is 3.97. The van der Waals surface area contributed by atoms with Crippen LogP contribution in [0.3, 0.4) is 0 Å². The number of amides is 2. The molecule has 0 unspecified atom stereocenters. The number of pyridine rings is 2. The van der Waals surface area contributed by atoms with Crippen LogP contribution in [0.15, 0.2) is 128 Å². The molecule has 0 radical (unpaired) electrons. The molecule has 6 heteroatoms. The lowest BCUT2D eigenvalue weighted by Crippen LogP contribution is -2.26. The van der Waals surface area contributed by atoms with Crippen molar-refractivity contribution >= 4 is 29.3 Å². The highest BCUT2D eigenvalue weighted by Crippen LogP contribution is 2.21. The molecule has 0 saturated heterocycles. The first-order chi connectivity index (χ1) is 19.4. The van der Waals surface area contributed by atoms with Crippen LogP contribution in [-0.4, -0.2) is 11.8 Å². The number of carbonyl (C=O) groups is 2. The van der Waals surface area contributed by atoms with Crippen LogP contribution in [0.2, 0.25) is 0 Å². The first kappa shape index (κ1) is 26.3. The zero-order valence-corrected chi connectivity index (χ0v) is 22.4. The van der Waals surface area contributed by atoms with Gasteiger partial charge >= 0.3 is 0 Å². The molecule has 0 fully saturated rings. The second-order valence-corrected chi connectivity index (χ2v) is 9.57. The molecule has 0 bridgehead atoms. The Morgan fingerprint density at radius 1 is 0.600 bits per heavy atom. The average molecular weight is 527 g/mol. The Kier molecular flexibility index (Phi) is 7.88. The Balaban J connectivity index is 1.15. The lowest BCUT2D eigenvalue weighted by molar-refractivity contribution is -0.671. The van der Waals surface area contributed by atoms with E-state index in [0.29, 0.717) is 5.56 Å². The maximum atomic E-state index is 12.7. The van der Waals surface area contributed by atoms with Crippen LogP contribution in [0.1, 0.15) is 15.9 Å². The van der Waals surface area contributed by atoms with Crippen LogP contribution < -0.4 is 19.8 Å². The number of rotatable bonds is 7. The third kappa shape index (κ3) is 6.74. The largest absolute Gasteiger partial charge is 0.323 e. The molecule has 0 atom stereocenters. The highest BCUT2D eigenvalue weighted by molar-refractivity contribution is 6.05. The number of aromatic nitrogens is 2. The molecule has 40 heavy (non-hydrogen) atoms. The first-order valence-electron chi connectivity index (χ1n) is 12.9. The second kappa shape index (κ2) is 12.0. The van der Waals surface area contributed by atoms with Crippen molar-refractivity contribution in [2.45, 2.75) is 0 Å². The zero-order valence-electron chi connectivity index (χ0n) is 22.4. The lowest BCUT2D eigenvalue weighted by atomic mass is 10.1. The first-order valence-corrected chi connectivity index (χ1v) is 12.9. The van der Waals surface area contributed by atoms with Crippen molar-refractivity contribution in [2.75, 3.05) is 10.6 Å². The van der Waals surface area contributed by atoms with Crippen LogP contribution in [0, 0.1) is 0 Å². The van der Waals surface area contributed by atoms with E-state index in [4.69, 9.17) is 0 Å². The van der Waals surface area contributed by atoms with Gasteiger partial charge in [-0.3, -0.25) is 9.59 Å². The third-order valence-corrected chi connectivity index (χ3v) is 6.44. The second-order valence-electron chi connectivity index (χ2n) is 9.57. The molecular weight excluding hydrogens is 496 g/mol. The topological polar surface area (TPSA) is 66.0 Å². The number of nitrogens with zero attached hydrogens (tertiary/aromatic N) is 2. The molecule has 2 amide bonds. The number of hydrogen-bond acceptors (Lipinski definition) is 2. The molecule has 2 heterocycles. The van der Waals surface area contributed by atoms with Gasteiger partial charge < -0.3 is 10.6 Å². The lowest BCUT2D eigenvalue weighted by Gasteiger charge is -2.07. The summed E-state index contributed by atoms with van der Waals surface area (Å²) in [4.78, 5) is 25.2. The van der Waals surface area contributed by atoms with Gasteiger partial charge in [0.15, 0.2) is 24.8 Å². The fraction of sp³-hybridized carbons (Fsp3) is 0.0588. The summed E-state index contributed by atoms with van der Waals surface area (Å²) in [6.45, 7) is 0. The van der Waals surface area contributed by atoms with Crippen LogP contribution in [-0.2, 0) is 18.9 Å². The number of aryl methyl sites for hydroxylation is 2. The summed E-state index contributed by atoms with van der Waals surface area (Å²) in [5.74, 6) is -0.423. The Bertz CT molecular complexity index is 1670. The maximum absolute atomic E-state index is 12.7. The van der Waals surface area contributed by atoms with E-state index in [1.807, 2.05) is 108 Å². The summed E-state index contributed by atoms with van der Waals surface area (Å²) in [5, 5.41) is 5.81. The summed E-state index contributed by atoms with van der Waals surface area (Å²) >= 11 is 0. The Hall–Kier alpha value is -5.36. The normalized spacial score (nSPS) is 10.8. The summed E-state index contributed by atoms with van der Waals surface area (Å²) in [6.07, 6.45) is 11.3. The van der Waals surface area contributed by atoms with E-state index in [-0.39, 0.29) is 11.8 Å². The molecule has 2 aromatic heterocycles. The van der Waals surface area contributed by atoms with Gasteiger partial charge in [0, 0.05) is 46.3 Å². The van der Waals surface area contributed by atoms with E-state index >= 15 is 0 Å². The standard InChI is InChI=1S/C34H28N4O2/c1-37-21-3-5-29(23-37)26-12-16-31(17-13-26)35-33(39)20-9-25-7-10-28(11-8-25)34(40)36-32-18-14-27(15-19-32)30-6-4-22-38(2)24-30/h3-24H,1-2H3/p+2/b20-9+. The van der Waals surface area contributed by atoms with Gasteiger partial charge in [0.25, 0.3) is 5.91 Å². The van der Waals surface area contributed by atoms with Crippen molar-refractivity contribution in [3.05, 3.63) is 139 Å². The molecule has 3 aromatic carbocycles. The number of benzene rings is 3. The molecule has 5 aromatic rings. The minimum Gasteiger partial charge on any atom is -0.323 e. The van der Waals surface area contributed by atoms with Gasteiger partial charge in [-0.05, 0) is 71.3 Å². The quantitative estimate of drug-likeness (QED) is 0.215. The van der Waals surface area contributed by atoms with Crippen LogP contribution in [0.25, 0.3) is 28.3 Å². The van der Waals surface area contributed by atoms with Gasteiger partial charge in [-0.2, -0.15) is 0 Å². The molecule has 196 valence electrons. The van der Waals surface area contributed by atoms with E-state index in [0.717, 1.165) is 39.2 Å². The van der Waals surface area contributed by atoms with Gasteiger partial charge in [0.1, 0.15) is 14.1 Å². The molecule has 0 aliphatic heterocycles. The van der Waals surface area contributed by atoms with Crippen LogP contribution in [0.4, 0.5) is 11.4 Å². The molecule has 0 saturated carbocycles. The number of carbonyl (C=O) groups excluding carboxylic acids is 2. The van der Waals surface area contributed by atoms with Crippen molar-refractivity contribution in [1.82, 2.24) is 0 Å². The van der Waals surface area contributed by atoms with E-state index in [1.54, 1.807) is 18.2 Å². The van der Waals surface area contributed by atoms with Crippen molar-refractivity contribution in [2.24, 2.45) is 14.1 Å². The smallest absolute Gasteiger partial charge is 0.255 e. The summed E-state index contributed by atoms with van der Waals surface area (Å²) in [5.41, 5.74) is 7.16. The number of anilines is 2. The highest BCUT2D eigenvalue weighted by Gasteiger charge is 2.08. The number of hydrogen-bond donors (Lipinski definition) is 2. The number of nitrogens with one attached hydrogen (secondary N) is 2. The third-order valence-electron chi connectivity index (χ3n) is 6.44. The molecule has 0 spiro atoms. The van der Waals surface area contributed by atoms with Gasteiger partial charge in [-0.15, -0.1) is 0 Å². The zero-order chi connectivity index (χ0) is 27.9. The summed E-state index contributed by atoms with van der Waals surface area (Å²) < 4.78 is 4.00. The Labute approximate surface area is 233 Å².